The second-order valence-electron chi connectivity index (χ2n) is 10.9. The van der Waals surface area contributed by atoms with Crippen molar-refractivity contribution in [2.24, 2.45) is 0 Å². The first-order valence-corrected chi connectivity index (χ1v) is 15.1. The van der Waals surface area contributed by atoms with E-state index in [1.165, 1.54) is 18.2 Å². The van der Waals surface area contributed by atoms with Gasteiger partial charge < -0.3 is 28.8 Å². The Kier molecular flexibility index (Phi) is 11.6. The van der Waals surface area contributed by atoms with E-state index >= 15 is 0 Å². The van der Waals surface area contributed by atoms with Crippen molar-refractivity contribution in [1.29, 1.82) is 0 Å². The van der Waals surface area contributed by atoms with Gasteiger partial charge in [0.15, 0.2) is 6.61 Å². The summed E-state index contributed by atoms with van der Waals surface area (Å²) in [6.07, 6.45) is 1.61. The third-order valence-electron chi connectivity index (χ3n) is 7.91. The van der Waals surface area contributed by atoms with Crippen LogP contribution in [0.3, 0.4) is 0 Å². The van der Waals surface area contributed by atoms with Gasteiger partial charge in [-0.2, -0.15) is 0 Å². The van der Waals surface area contributed by atoms with Gasteiger partial charge in [0.1, 0.15) is 11.5 Å². The number of aliphatic hydroxyl groups excluding tert-OH is 1. The molecule has 5 rings (SSSR count). The van der Waals surface area contributed by atoms with Crippen LogP contribution in [0.4, 0.5) is 0 Å². The highest BCUT2D eigenvalue weighted by atomic mass is 16.6. The Bertz CT molecular complexity index is 1460. The summed E-state index contributed by atoms with van der Waals surface area (Å²) in [7, 11) is 1.34. The van der Waals surface area contributed by atoms with Crippen LogP contribution < -0.4 is 9.47 Å². The SMILES string of the molecule is COC(=O)COc1cccc2ccc(COC3CN(CO)CCC3c3ccc(OCCCOCc4ccccc4)cc3)cc12. The Labute approximate surface area is 259 Å². The zero-order valence-electron chi connectivity index (χ0n) is 25.2. The summed E-state index contributed by atoms with van der Waals surface area (Å²) in [5.41, 5.74) is 3.37. The van der Waals surface area contributed by atoms with E-state index in [1.54, 1.807) is 0 Å². The number of carbonyl (C=O) groups excluding carboxylic acids is 1. The van der Waals surface area contributed by atoms with Crippen molar-refractivity contribution in [3.8, 4) is 11.5 Å². The van der Waals surface area contributed by atoms with Gasteiger partial charge in [0, 0.05) is 30.8 Å². The molecule has 2 unspecified atom stereocenters. The van der Waals surface area contributed by atoms with Crippen LogP contribution in [0.1, 0.15) is 35.4 Å². The van der Waals surface area contributed by atoms with E-state index in [0.717, 1.165) is 41.5 Å². The van der Waals surface area contributed by atoms with Gasteiger partial charge in [-0.3, -0.25) is 4.90 Å². The van der Waals surface area contributed by atoms with Crippen LogP contribution >= 0.6 is 0 Å². The lowest BCUT2D eigenvalue weighted by atomic mass is 9.87. The Hall–Kier alpha value is -3.95. The molecule has 0 radical (unpaired) electrons. The zero-order chi connectivity index (χ0) is 30.6. The molecule has 4 aromatic carbocycles. The van der Waals surface area contributed by atoms with Gasteiger partial charge in [-0.1, -0.05) is 66.7 Å². The molecule has 0 amide bonds. The number of hydrogen-bond acceptors (Lipinski definition) is 8. The van der Waals surface area contributed by atoms with Gasteiger partial charge in [0.2, 0.25) is 0 Å². The second-order valence-corrected chi connectivity index (χ2v) is 10.9. The van der Waals surface area contributed by atoms with Crippen LogP contribution in [-0.4, -0.2) is 68.8 Å². The smallest absolute Gasteiger partial charge is 0.343 e. The molecule has 1 fully saturated rings. The molecule has 1 saturated heterocycles. The highest BCUT2D eigenvalue weighted by Crippen LogP contribution is 2.33. The minimum Gasteiger partial charge on any atom is -0.494 e. The number of methoxy groups -OCH3 is 1. The second kappa shape index (κ2) is 16.2. The first-order valence-electron chi connectivity index (χ1n) is 15.1. The summed E-state index contributed by atoms with van der Waals surface area (Å²) in [5, 5.41) is 11.8. The van der Waals surface area contributed by atoms with Gasteiger partial charge in [-0.05, 0) is 52.8 Å². The predicted molar refractivity (Wildman–Crippen MR) is 169 cm³/mol. The maximum atomic E-state index is 11.6. The molecule has 1 N–H and O–H groups in total. The minimum absolute atomic E-state index is 0.00525. The number of likely N-dealkylation sites (tertiary alicyclic amines) is 1. The molecule has 232 valence electrons. The Morgan fingerprint density at radius 1 is 0.886 bits per heavy atom. The monoisotopic (exact) mass is 599 g/mol. The fraction of sp³-hybridized carbons (Fsp3) is 0.361. The molecule has 8 heteroatoms. The van der Waals surface area contributed by atoms with E-state index in [-0.39, 0.29) is 25.4 Å². The number of aliphatic hydroxyl groups is 1. The fourth-order valence-electron chi connectivity index (χ4n) is 5.49. The number of fused-ring (bicyclic) bond motifs is 1. The van der Waals surface area contributed by atoms with E-state index in [2.05, 4.69) is 24.3 Å². The molecule has 0 aliphatic carbocycles. The highest BCUT2D eigenvalue weighted by Gasteiger charge is 2.31. The van der Waals surface area contributed by atoms with Crippen LogP contribution in [0.15, 0.2) is 91.0 Å². The van der Waals surface area contributed by atoms with Crippen LogP contribution in [0.5, 0.6) is 11.5 Å². The van der Waals surface area contributed by atoms with E-state index in [4.69, 9.17) is 23.7 Å². The molecule has 0 bridgehead atoms. The highest BCUT2D eigenvalue weighted by molar-refractivity contribution is 5.89. The van der Waals surface area contributed by atoms with Crippen molar-refractivity contribution in [2.75, 3.05) is 46.8 Å². The minimum atomic E-state index is -0.429. The first-order chi connectivity index (χ1) is 21.6. The zero-order valence-corrected chi connectivity index (χ0v) is 25.2. The molecule has 0 saturated carbocycles. The number of piperidine rings is 1. The van der Waals surface area contributed by atoms with Gasteiger partial charge in [0.25, 0.3) is 0 Å². The third-order valence-corrected chi connectivity index (χ3v) is 7.91. The normalized spacial score (nSPS) is 17.0. The maximum absolute atomic E-state index is 11.6. The van der Waals surface area contributed by atoms with Gasteiger partial charge in [-0.25, -0.2) is 4.79 Å². The molecule has 0 aromatic heterocycles. The molecule has 44 heavy (non-hydrogen) atoms. The molecule has 0 spiro atoms. The van der Waals surface area contributed by atoms with Crippen LogP contribution in [-0.2, 0) is 32.2 Å². The number of rotatable bonds is 15. The van der Waals surface area contributed by atoms with Crippen LogP contribution in [0, 0.1) is 0 Å². The summed E-state index contributed by atoms with van der Waals surface area (Å²) in [4.78, 5) is 13.6. The Morgan fingerprint density at radius 3 is 2.52 bits per heavy atom. The summed E-state index contributed by atoms with van der Waals surface area (Å²) < 4.78 is 28.7. The van der Waals surface area contributed by atoms with Crippen molar-refractivity contribution < 1.29 is 33.6 Å². The topological polar surface area (TPSA) is 86.7 Å². The molecule has 1 aliphatic heterocycles. The van der Waals surface area contributed by atoms with E-state index in [9.17, 15) is 9.90 Å². The van der Waals surface area contributed by atoms with E-state index < -0.39 is 5.97 Å². The standard InChI is InChI=1S/C36H41NO7/c1-40-36(39)25-44-34-10-5-9-29-12-11-28(21-33(29)34)24-43-35-22-37(26-38)18-17-32(35)30-13-15-31(16-14-30)42-20-6-19-41-23-27-7-3-2-4-8-27/h2-5,7-16,21,32,35,38H,6,17-20,22-26H2,1H3. The lowest BCUT2D eigenvalue weighted by Gasteiger charge is -2.37. The average molecular weight is 600 g/mol. The van der Waals surface area contributed by atoms with E-state index in [1.807, 2.05) is 71.6 Å². The van der Waals surface area contributed by atoms with Crippen molar-refractivity contribution in [3.63, 3.8) is 0 Å². The molecular weight excluding hydrogens is 558 g/mol. The number of nitrogens with zero attached hydrogens (tertiary/aromatic N) is 1. The fourth-order valence-corrected chi connectivity index (χ4v) is 5.49. The molecule has 1 aliphatic rings. The van der Waals surface area contributed by atoms with Gasteiger partial charge in [0.05, 0.1) is 46.4 Å². The van der Waals surface area contributed by atoms with E-state index in [0.29, 0.717) is 38.7 Å². The van der Waals surface area contributed by atoms with Crippen molar-refractivity contribution in [3.05, 3.63) is 108 Å². The molecule has 2 atom stereocenters. The number of hydrogen-bond donors (Lipinski definition) is 1. The molecule has 8 nitrogen and oxygen atoms in total. The largest absolute Gasteiger partial charge is 0.494 e. The third kappa shape index (κ3) is 8.80. The number of ether oxygens (including phenoxy) is 5. The first kappa shape index (κ1) is 31.5. The lowest BCUT2D eigenvalue weighted by Crippen LogP contribution is -2.44. The van der Waals surface area contributed by atoms with Crippen LogP contribution in [0.25, 0.3) is 10.8 Å². The Morgan fingerprint density at radius 2 is 1.73 bits per heavy atom. The maximum Gasteiger partial charge on any atom is 0.343 e. The van der Waals surface area contributed by atoms with Crippen molar-refractivity contribution in [2.45, 2.75) is 38.1 Å². The van der Waals surface area contributed by atoms with Gasteiger partial charge >= 0.3 is 5.97 Å². The molecule has 1 heterocycles. The summed E-state index contributed by atoms with van der Waals surface area (Å²) in [5.74, 6) is 1.22. The quantitative estimate of drug-likeness (QED) is 0.138. The number of carbonyl (C=O) groups is 1. The summed E-state index contributed by atoms with van der Waals surface area (Å²) >= 11 is 0. The predicted octanol–water partition coefficient (Wildman–Crippen LogP) is 5.70. The van der Waals surface area contributed by atoms with Gasteiger partial charge in [-0.15, -0.1) is 0 Å². The molecule has 4 aromatic rings. The summed E-state index contributed by atoms with van der Waals surface area (Å²) in [6, 6.07) is 30.3. The average Bonchev–Trinajstić information content (AvgIpc) is 3.08. The number of esters is 1. The number of benzene rings is 4. The lowest BCUT2D eigenvalue weighted by molar-refractivity contribution is -0.142. The van der Waals surface area contributed by atoms with Crippen molar-refractivity contribution >= 4 is 16.7 Å². The van der Waals surface area contributed by atoms with Crippen molar-refractivity contribution in [1.82, 2.24) is 4.90 Å². The molecular formula is C36H41NO7. The van der Waals surface area contributed by atoms with Crippen LogP contribution in [0.2, 0.25) is 0 Å². The Balaban J connectivity index is 1.16. The summed E-state index contributed by atoms with van der Waals surface area (Å²) in [6.45, 7) is 3.57.